The standard InChI is InChI=1S/C26H31N3O3S/c1-19(27-26(30)20-16-22(31-2)18-23(17-20)32-3)25(24-10-7-15-33-24)29-13-11-28(12-14-29)21-8-5-4-6-9-21/h4-10,15-19,25H,11-14H2,1-3H3,(H,27,30). The second kappa shape index (κ2) is 10.7. The predicted molar refractivity (Wildman–Crippen MR) is 134 cm³/mol. The number of nitrogens with zero attached hydrogens (tertiary/aromatic N) is 2. The quantitative estimate of drug-likeness (QED) is 0.533. The SMILES string of the molecule is COc1cc(OC)cc(C(=O)NC(C)C(c2cccs2)N2CCN(c3ccccc3)CC2)c1. The molecule has 1 aromatic heterocycles. The molecule has 4 rings (SSSR count). The molecule has 3 aromatic rings. The molecule has 1 saturated heterocycles. The Kier molecular flexibility index (Phi) is 7.52. The fourth-order valence-corrected chi connectivity index (χ4v) is 5.37. The number of nitrogens with one attached hydrogen (secondary N) is 1. The molecule has 1 amide bonds. The molecule has 2 aromatic carbocycles. The number of hydrogen-bond donors (Lipinski definition) is 1. The molecule has 0 bridgehead atoms. The van der Waals surface area contributed by atoms with Gasteiger partial charge in [0.15, 0.2) is 0 Å². The minimum absolute atomic E-state index is 0.0726. The third kappa shape index (κ3) is 5.49. The van der Waals surface area contributed by atoms with Gasteiger partial charge in [0.2, 0.25) is 0 Å². The summed E-state index contributed by atoms with van der Waals surface area (Å²) in [6.45, 7) is 5.87. The van der Waals surface area contributed by atoms with Crippen LogP contribution in [-0.4, -0.2) is 57.2 Å². The Morgan fingerprint density at radius 3 is 2.18 bits per heavy atom. The van der Waals surface area contributed by atoms with Crippen LogP contribution in [0.3, 0.4) is 0 Å². The predicted octanol–water partition coefficient (Wildman–Crippen LogP) is 4.45. The van der Waals surface area contributed by atoms with Gasteiger partial charge in [-0.3, -0.25) is 9.69 Å². The fraction of sp³-hybridized carbons (Fsp3) is 0.346. The molecule has 1 fully saturated rings. The molecule has 1 aliphatic heterocycles. The van der Waals surface area contributed by atoms with E-state index in [0.717, 1.165) is 26.2 Å². The number of ether oxygens (including phenoxy) is 2. The van der Waals surface area contributed by atoms with Crippen LogP contribution in [0.2, 0.25) is 0 Å². The molecule has 0 spiro atoms. The Hall–Kier alpha value is -3.03. The first kappa shape index (κ1) is 23.1. The van der Waals surface area contributed by atoms with Crippen molar-refractivity contribution in [2.24, 2.45) is 0 Å². The van der Waals surface area contributed by atoms with Gasteiger partial charge < -0.3 is 19.7 Å². The van der Waals surface area contributed by atoms with Crippen molar-refractivity contribution in [2.75, 3.05) is 45.3 Å². The number of rotatable bonds is 8. The van der Waals surface area contributed by atoms with E-state index in [2.05, 4.69) is 69.9 Å². The zero-order valence-electron chi connectivity index (χ0n) is 19.4. The first-order valence-corrected chi connectivity index (χ1v) is 12.1. The number of amides is 1. The van der Waals surface area contributed by atoms with Crippen LogP contribution in [0.25, 0.3) is 0 Å². The van der Waals surface area contributed by atoms with Crippen molar-refractivity contribution in [1.29, 1.82) is 0 Å². The smallest absolute Gasteiger partial charge is 0.251 e. The molecular formula is C26H31N3O3S. The second-order valence-corrected chi connectivity index (χ2v) is 9.16. The van der Waals surface area contributed by atoms with Gasteiger partial charge in [0, 0.05) is 54.4 Å². The minimum atomic E-state index is -0.135. The third-order valence-electron chi connectivity index (χ3n) is 6.11. The largest absolute Gasteiger partial charge is 0.497 e. The maximum atomic E-state index is 13.1. The number of piperazine rings is 1. The van der Waals surface area contributed by atoms with Crippen LogP contribution in [0.1, 0.15) is 28.2 Å². The number of benzene rings is 2. The van der Waals surface area contributed by atoms with Crippen molar-refractivity contribution in [1.82, 2.24) is 10.2 Å². The maximum absolute atomic E-state index is 13.1. The number of hydrogen-bond acceptors (Lipinski definition) is 6. The number of carbonyl (C=O) groups is 1. The number of methoxy groups -OCH3 is 2. The monoisotopic (exact) mass is 465 g/mol. The number of thiophene rings is 1. The van der Waals surface area contributed by atoms with E-state index < -0.39 is 0 Å². The number of para-hydroxylation sites is 1. The van der Waals surface area contributed by atoms with Gasteiger partial charge >= 0.3 is 0 Å². The van der Waals surface area contributed by atoms with Crippen LogP contribution >= 0.6 is 11.3 Å². The van der Waals surface area contributed by atoms with Crippen LogP contribution in [0.15, 0.2) is 66.0 Å². The normalized spacial score (nSPS) is 16.2. The van der Waals surface area contributed by atoms with Crippen LogP contribution < -0.4 is 19.7 Å². The molecule has 2 heterocycles. The van der Waals surface area contributed by atoms with Crippen LogP contribution in [0.5, 0.6) is 11.5 Å². The summed E-state index contributed by atoms with van der Waals surface area (Å²) in [6.07, 6.45) is 0. The van der Waals surface area contributed by atoms with Gasteiger partial charge in [0.05, 0.1) is 20.3 Å². The van der Waals surface area contributed by atoms with E-state index >= 15 is 0 Å². The van der Waals surface area contributed by atoms with Gasteiger partial charge in [-0.15, -0.1) is 11.3 Å². The lowest BCUT2D eigenvalue weighted by atomic mass is 10.0. The third-order valence-corrected chi connectivity index (χ3v) is 7.05. The summed E-state index contributed by atoms with van der Waals surface area (Å²) in [7, 11) is 3.17. The van der Waals surface area contributed by atoms with E-state index in [1.165, 1.54) is 10.6 Å². The van der Waals surface area contributed by atoms with Crippen molar-refractivity contribution in [3.63, 3.8) is 0 Å². The maximum Gasteiger partial charge on any atom is 0.251 e. The molecule has 7 heteroatoms. The lowest BCUT2D eigenvalue weighted by Gasteiger charge is -2.42. The molecule has 174 valence electrons. The average molecular weight is 466 g/mol. The van der Waals surface area contributed by atoms with E-state index in [9.17, 15) is 4.79 Å². The first-order chi connectivity index (χ1) is 16.1. The summed E-state index contributed by atoms with van der Waals surface area (Å²) >= 11 is 1.74. The highest BCUT2D eigenvalue weighted by Gasteiger charge is 2.31. The van der Waals surface area contributed by atoms with E-state index in [1.54, 1.807) is 43.8 Å². The van der Waals surface area contributed by atoms with E-state index in [1.807, 2.05) is 0 Å². The topological polar surface area (TPSA) is 54.0 Å². The Balaban J connectivity index is 1.48. The number of anilines is 1. The van der Waals surface area contributed by atoms with Crippen molar-refractivity contribution in [3.05, 3.63) is 76.5 Å². The average Bonchev–Trinajstić information content (AvgIpc) is 3.39. The van der Waals surface area contributed by atoms with Crippen molar-refractivity contribution >= 4 is 22.9 Å². The fourth-order valence-electron chi connectivity index (χ4n) is 4.41. The van der Waals surface area contributed by atoms with Gasteiger partial charge in [0.1, 0.15) is 11.5 Å². The molecule has 0 saturated carbocycles. The highest BCUT2D eigenvalue weighted by molar-refractivity contribution is 7.10. The Bertz CT molecular complexity index is 1010. The van der Waals surface area contributed by atoms with Gasteiger partial charge in [-0.05, 0) is 42.6 Å². The summed E-state index contributed by atoms with van der Waals surface area (Å²) in [5.74, 6) is 1.06. The summed E-state index contributed by atoms with van der Waals surface area (Å²) in [5, 5.41) is 5.33. The Morgan fingerprint density at radius 1 is 0.939 bits per heavy atom. The van der Waals surface area contributed by atoms with Gasteiger partial charge in [-0.2, -0.15) is 0 Å². The minimum Gasteiger partial charge on any atom is -0.497 e. The van der Waals surface area contributed by atoms with Crippen LogP contribution in [0.4, 0.5) is 5.69 Å². The lowest BCUT2D eigenvalue weighted by Crippen LogP contribution is -2.52. The molecule has 0 aliphatic carbocycles. The van der Waals surface area contributed by atoms with Crippen molar-refractivity contribution in [3.8, 4) is 11.5 Å². The molecule has 2 atom stereocenters. The van der Waals surface area contributed by atoms with Gasteiger partial charge in [-0.25, -0.2) is 0 Å². The second-order valence-electron chi connectivity index (χ2n) is 8.18. The van der Waals surface area contributed by atoms with E-state index in [0.29, 0.717) is 17.1 Å². The Labute approximate surface area is 199 Å². The molecule has 1 N–H and O–H groups in total. The molecular weight excluding hydrogens is 434 g/mol. The lowest BCUT2D eigenvalue weighted by molar-refractivity contribution is 0.0890. The van der Waals surface area contributed by atoms with Crippen LogP contribution in [-0.2, 0) is 0 Å². The molecule has 2 unspecified atom stereocenters. The molecule has 1 aliphatic rings. The van der Waals surface area contributed by atoms with Crippen molar-refractivity contribution in [2.45, 2.75) is 19.0 Å². The first-order valence-electron chi connectivity index (χ1n) is 11.2. The van der Waals surface area contributed by atoms with E-state index in [-0.39, 0.29) is 18.0 Å². The summed E-state index contributed by atoms with van der Waals surface area (Å²) in [6, 6.07) is 20.1. The summed E-state index contributed by atoms with van der Waals surface area (Å²) in [5.41, 5.74) is 1.79. The molecule has 33 heavy (non-hydrogen) atoms. The van der Waals surface area contributed by atoms with E-state index in [4.69, 9.17) is 9.47 Å². The van der Waals surface area contributed by atoms with Gasteiger partial charge in [0.25, 0.3) is 5.91 Å². The zero-order chi connectivity index (χ0) is 23.2. The van der Waals surface area contributed by atoms with Crippen LogP contribution in [0, 0.1) is 0 Å². The van der Waals surface area contributed by atoms with Crippen molar-refractivity contribution < 1.29 is 14.3 Å². The molecule has 6 nitrogen and oxygen atoms in total. The number of carbonyl (C=O) groups excluding carboxylic acids is 1. The Morgan fingerprint density at radius 2 is 1.61 bits per heavy atom. The van der Waals surface area contributed by atoms with Gasteiger partial charge in [-0.1, -0.05) is 24.3 Å². The molecule has 0 radical (unpaired) electrons. The summed E-state index contributed by atoms with van der Waals surface area (Å²) in [4.78, 5) is 19.3. The highest BCUT2D eigenvalue weighted by atomic mass is 32.1. The summed E-state index contributed by atoms with van der Waals surface area (Å²) < 4.78 is 10.7. The zero-order valence-corrected chi connectivity index (χ0v) is 20.2. The highest BCUT2D eigenvalue weighted by Crippen LogP contribution is 2.31.